The normalized spacial score (nSPS) is 17.3. The van der Waals surface area contributed by atoms with Gasteiger partial charge in [0.25, 0.3) is 11.7 Å². The second kappa shape index (κ2) is 9.65. The summed E-state index contributed by atoms with van der Waals surface area (Å²) >= 11 is 0. The zero-order valence-corrected chi connectivity index (χ0v) is 20.6. The first-order chi connectivity index (χ1) is 17.4. The fourth-order valence-electron chi connectivity index (χ4n) is 4.37. The lowest BCUT2D eigenvalue weighted by Gasteiger charge is -2.26. The van der Waals surface area contributed by atoms with Gasteiger partial charge in [-0.2, -0.15) is 13.2 Å². The van der Waals surface area contributed by atoms with Crippen molar-refractivity contribution in [1.29, 1.82) is 0 Å². The number of alkyl halides is 3. The fourth-order valence-corrected chi connectivity index (χ4v) is 4.37. The number of nitrogens with zero attached hydrogens (tertiary/aromatic N) is 2. The van der Waals surface area contributed by atoms with Gasteiger partial charge in [-0.1, -0.05) is 18.2 Å². The number of methoxy groups -OCH3 is 1. The van der Waals surface area contributed by atoms with E-state index in [2.05, 4.69) is 0 Å². The van der Waals surface area contributed by atoms with E-state index in [9.17, 15) is 27.9 Å². The van der Waals surface area contributed by atoms with Gasteiger partial charge < -0.3 is 14.7 Å². The maximum Gasteiger partial charge on any atom is 0.416 e. The van der Waals surface area contributed by atoms with E-state index in [4.69, 9.17) is 4.74 Å². The first-order valence-corrected chi connectivity index (χ1v) is 11.3. The van der Waals surface area contributed by atoms with E-state index < -0.39 is 35.2 Å². The molecular formula is C28H25F3N2O4. The molecule has 1 heterocycles. The molecule has 0 aromatic heterocycles. The molecule has 4 rings (SSSR count). The molecule has 0 spiro atoms. The van der Waals surface area contributed by atoms with E-state index in [1.54, 1.807) is 49.4 Å². The van der Waals surface area contributed by atoms with Crippen molar-refractivity contribution in [3.63, 3.8) is 0 Å². The van der Waals surface area contributed by atoms with Gasteiger partial charge in [-0.25, -0.2) is 0 Å². The van der Waals surface area contributed by atoms with Crippen molar-refractivity contribution in [3.8, 4) is 5.75 Å². The van der Waals surface area contributed by atoms with Gasteiger partial charge in [0, 0.05) is 31.0 Å². The molecule has 3 aromatic carbocycles. The smallest absolute Gasteiger partial charge is 0.416 e. The summed E-state index contributed by atoms with van der Waals surface area (Å²) in [5.41, 5.74) is 0.902. The number of rotatable bonds is 5. The number of amides is 1. The third-order valence-electron chi connectivity index (χ3n) is 6.31. The Hall–Kier alpha value is -4.27. The van der Waals surface area contributed by atoms with Crippen LogP contribution in [-0.2, 0) is 15.8 Å². The molecule has 6 nitrogen and oxygen atoms in total. The molecule has 0 bridgehead atoms. The van der Waals surface area contributed by atoms with Crippen LogP contribution in [-0.4, -0.2) is 38.0 Å². The summed E-state index contributed by atoms with van der Waals surface area (Å²) < 4.78 is 45.6. The summed E-state index contributed by atoms with van der Waals surface area (Å²) in [6.45, 7) is 1.71. The molecule has 1 N–H and O–H groups in total. The van der Waals surface area contributed by atoms with Crippen LogP contribution >= 0.6 is 0 Å². The van der Waals surface area contributed by atoms with Crippen LogP contribution < -0.4 is 14.5 Å². The third-order valence-corrected chi connectivity index (χ3v) is 6.31. The van der Waals surface area contributed by atoms with Crippen molar-refractivity contribution < 1.29 is 32.6 Å². The zero-order chi connectivity index (χ0) is 27.1. The van der Waals surface area contributed by atoms with Crippen LogP contribution in [0.5, 0.6) is 5.75 Å². The van der Waals surface area contributed by atoms with Gasteiger partial charge in [0.1, 0.15) is 11.5 Å². The molecular weight excluding hydrogens is 485 g/mol. The van der Waals surface area contributed by atoms with Crippen molar-refractivity contribution >= 4 is 28.8 Å². The van der Waals surface area contributed by atoms with Crippen LogP contribution in [0.2, 0.25) is 0 Å². The number of anilines is 2. The highest BCUT2D eigenvalue weighted by Gasteiger charge is 2.47. The molecule has 9 heteroatoms. The highest BCUT2D eigenvalue weighted by Crippen LogP contribution is 2.44. The summed E-state index contributed by atoms with van der Waals surface area (Å²) in [6, 6.07) is 14.8. The predicted octanol–water partition coefficient (Wildman–Crippen LogP) is 5.71. The summed E-state index contributed by atoms with van der Waals surface area (Å²) in [6.07, 6.45) is -4.65. The Bertz CT molecular complexity index is 1400. The standard InChI is InChI=1S/C28H25F3N2O4/c1-16-14-21(37-4)12-13-22(16)25(34)23-24(17-8-10-19(11-9-17)32(2)3)33(27(36)26(23)35)20-7-5-6-18(15-20)28(29,30)31/h5-15,24,34H,1-4H3/b25-23-. The minimum absolute atomic E-state index is 0.107. The molecule has 0 saturated carbocycles. The van der Waals surface area contributed by atoms with Crippen molar-refractivity contribution in [3.05, 3.63) is 94.6 Å². The van der Waals surface area contributed by atoms with Crippen LogP contribution in [0.25, 0.3) is 5.76 Å². The molecule has 1 unspecified atom stereocenters. The van der Waals surface area contributed by atoms with Gasteiger partial charge in [0.15, 0.2) is 0 Å². The number of carbonyl (C=O) groups excluding carboxylic acids is 2. The number of aliphatic hydroxyl groups excluding tert-OH is 1. The van der Waals surface area contributed by atoms with E-state index in [-0.39, 0.29) is 11.3 Å². The maximum absolute atomic E-state index is 13.5. The second-order valence-electron chi connectivity index (χ2n) is 8.88. The molecule has 1 aliphatic rings. The van der Waals surface area contributed by atoms with E-state index in [1.807, 2.05) is 19.0 Å². The number of hydrogen-bond donors (Lipinski definition) is 1. The fraction of sp³-hybridized carbons (Fsp3) is 0.214. The van der Waals surface area contributed by atoms with Gasteiger partial charge in [0.05, 0.1) is 24.3 Å². The van der Waals surface area contributed by atoms with E-state index >= 15 is 0 Å². The average Bonchev–Trinajstić information content (AvgIpc) is 3.13. The number of benzene rings is 3. The Morgan fingerprint density at radius 3 is 2.24 bits per heavy atom. The molecule has 0 aliphatic carbocycles. The van der Waals surface area contributed by atoms with Crippen LogP contribution in [0.1, 0.15) is 28.3 Å². The number of ketones is 1. The van der Waals surface area contributed by atoms with Crippen molar-refractivity contribution in [2.45, 2.75) is 19.1 Å². The second-order valence-corrected chi connectivity index (χ2v) is 8.88. The first kappa shape index (κ1) is 25.8. The first-order valence-electron chi connectivity index (χ1n) is 11.3. The van der Waals surface area contributed by atoms with Gasteiger partial charge >= 0.3 is 6.18 Å². The summed E-state index contributed by atoms with van der Waals surface area (Å²) in [4.78, 5) is 29.5. The lowest BCUT2D eigenvalue weighted by molar-refractivity contribution is -0.137. The molecule has 37 heavy (non-hydrogen) atoms. The topological polar surface area (TPSA) is 70.1 Å². The lowest BCUT2D eigenvalue weighted by Crippen LogP contribution is -2.29. The summed E-state index contributed by atoms with van der Waals surface area (Å²) in [7, 11) is 5.18. The zero-order valence-electron chi connectivity index (χ0n) is 20.6. The number of halogens is 3. The number of hydrogen-bond acceptors (Lipinski definition) is 5. The number of carbonyl (C=O) groups is 2. The van der Waals surface area contributed by atoms with E-state index in [1.165, 1.54) is 19.2 Å². The van der Waals surface area contributed by atoms with E-state index in [0.29, 0.717) is 22.4 Å². The molecule has 1 saturated heterocycles. The van der Waals surface area contributed by atoms with Crippen molar-refractivity contribution in [1.82, 2.24) is 0 Å². The molecule has 1 amide bonds. The molecule has 1 aliphatic heterocycles. The summed E-state index contributed by atoms with van der Waals surface area (Å²) in [5.74, 6) is -1.91. The average molecular weight is 511 g/mol. The van der Waals surface area contributed by atoms with Gasteiger partial charge in [-0.3, -0.25) is 14.5 Å². The lowest BCUT2D eigenvalue weighted by atomic mass is 9.93. The SMILES string of the molecule is COc1ccc(/C(O)=C2/C(=O)C(=O)N(c3cccc(C(F)(F)F)c3)C2c2ccc(N(C)C)cc2)c(C)c1. The van der Waals surface area contributed by atoms with E-state index in [0.717, 1.165) is 22.7 Å². The molecule has 1 atom stereocenters. The number of aryl methyl sites for hydroxylation is 1. The number of aliphatic hydroxyl groups is 1. The highest BCUT2D eigenvalue weighted by atomic mass is 19.4. The largest absolute Gasteiger partial charge is 0.507 e. The minimum atomic E-state index is -4.65. The third kappa shape index (κ3) is 4.76. The number of ether oxygens (including phenoxy) is 1. The molecule has 1 fully saturated rings. The Kier molecular flexibility index (Phi) is 6.73. The highest BCUT2D eigenvalue weighted by molar-refractivity contribution is 6.51. The van der Waals surface area contributed by atoms with Gasteiger partial charge in [-0.05, 0) is 66.6 Å². The van der Waals surface area contributed by atoms with Crippen molar-refractivity contribution in [2.75, 3.05) is 31.0 Å². The predicted molar refractivity (Wildman–Crippen MR) is 135 cm³/mol. The maximum atomic E-state index is 13.5. The Morgan fingerprint density at radius 1 is 1.00 bits per heavy atom. The van der Waals surface area contributed by atoms with Gasteiger partial charge in [-0.15, -0.1) is 0 Å². The summed E-state index contributed by atoms with van der Waals surface area (Å²) in [5, 5.41) is 11.3. The Morgan fingerprint density at radius 2 is 1.68 bits per heavy atom. The minimum Gasteiger partial charge on any atom is -0.507 e. The van der Waals surface area contributed by atoms with Crippen molar-refractivity contribution in [2.24, 2.45) is 0 Å². The molecule has 0 radical (unpaired) electrons. The van der Waals surface area contributed by atoms with Crippen LogP contribution in [0.15, 0.2) is 72.3 Å². The molecule has 3 aromatic rings. The quantitative estimate of drug-likeness (QED) is 0.270. The van der Waals surface area contributed by atoms with Crippen LogP contribution in [0.3, 0.4) is 0 Å². The Balaban J connectivity index is 1.95. The Labute approximate surface area is 212 Å². The van der Waals surface area contributed by atoms with Crippen LogP contribution in [0.4, 0.5) is 24.5 Å². The number of Topliss-reactive ketones (excluding diaryl/α,β-unsaturated/α-hetero) is 1. The van der Waals surface area contributed by atoms with Gasteiger partial charge in [0.2, 0.25) is 0 Å². The molecule has 192 valence electrons. The van der Waals surface area contributed by atoms with Crippen LogP contribution in [0, 0.1) is 6.92 Å². The monoisotopic (exact) mass is 510 g/mol.